The van der Waals surface area contributed by atoms with E-state index in [9.17, 15) is 9.79 Å². The maximum atomic E-state index is 12.7. The van der Waals surface area contributed by atoms with Gasteiger partial charge in [0.1, 0.15) is 39.0 Å². The summed E-state index contributed by atoms with van der Waals surface area (Å²) in [6.45, 7) is 10.2. The topological polar surface area (TPSA) is 89.4 Å². The van der Waals surface area contributed by atoms with E-state index in [1.807, 2.05) is 0 Å². The number of rotatable bonds is 40. The average molecular weight is 749 g/mol. The van der Waals surface area contributed by atoms with Crippen LogP contribution in [0.3, 0.4) is 0 Å². The molecule has 0 aliphatic carbocycles. The highest BCUT2D eigenvalue weighted by Crippen LogP contribution is 2.47. The summed E-state index contributed by atoms with van der Waals surface area (Å²) in [5.74, 6) is 0. The van der Waals surface area contributed by atoms with Gasteiger partial charge in [0.05, 0.1) is 26.9 Å². The molecule has 8 nitrogen and oxygen atoms in total. The van der Waals surface area contributed by atoms with Gasteiger partial charge in [-0.25, -0.2) is 0 Å². The molecule has 51 heavy (non-hydrogen) atoms. The van der Waals surface area contributed by atoms with E-state index in [0.29, 0.717) is 39.6 Å². The van der Waals surface area contributed by atoms with Crippen molar-refractivity contribution in [3.05, 3.63) is 0 Å². The van der Waals surface area contributed by atoms with E-state index in [1.165, 1.54) is 161 Å². The third kappa shape index (κ3) is 33.2. The van der Waals surface area contributed by atoms with E-state index in [4.69, 9.17) is 23.3 Å². The van der Waals surface area contributed by atoms with Crippen LogP contribution in [0.2, 0.25) is 0 Å². The van der Waals surface area contributed by atoms with Gasteiger partial charge in [0.25, 0.3) is 0 Å². The number of hydrogen-bond acceptors (Lipinski definition) is 7. The Labute approximate surface area is 317 Å². The van der Waals surface area contributed by atoms with Crippen LogP contribution in [0.5, 0.6) is 0 Å². The van der Waals surface area contributed by atoms with Gasteiger partial charge in [-0.3, -0.25) is 0 Å². The number of nitrogens with zero attached hydrogens (tertiary/aromatic N) is 1. The van der Waals surface area contributed by atoms with Gasteiger partial charge in [-0.1, -0.05) is 181 Å². The molecule has 0 saturated carbocycles. The van der Waals surface area contributed by atoms with Gasteiger partial charge in [0.2, 0.25) is 0 Å². The predicted octanol–water partition coefficient (Wildman–Crippen LogP) is 10.9. The molecule has 0 aromatic heterocycles. The molecule has 0 aromatic carbocycles. The van der Waals surface area contributed by atoms with Crippen LogP contribution >= 0.6 is 8.17 Å². The lowest BCUT2D eigenvalue weighted by molar-refractivity contribution is -0.916. The summed E-state index contributed by atoms with van der Waals surface area (Å²) in [4.78, 5) is 23.1. The van der Waals surface area contributed by atoms with Crippen LogP contribution in [-0.4, -0.2) is 88.4 Å². The molecule has 0 amide bonds. The van der Waals surface area contributed by atoms with Crippen LogP contribution in [0, 0.1) is 0 Å². The second kappa shape index (κ2) is 35.8. The fourth-order valence-electron chi connectivity index (χ4n) is 6.90. The molecule has 1 rings (SSSR count). The number of phosphoric ester groups is 1. The second-order valence-electron chi connectivity index (χ2n) is 15.8. The van der Waals surface area contributed by atoms with E-state index < -0.39 is 8.17 Å². The Hall–Kier alpha value is 0.110. The minimum atomic E-state index is -4.17. The van der Waals surface area contributed by atoms with Crippen molar-refractivity contribution in [2.24, 2.45) is 0 Å². The number of unbranched alkanes of at least 4 members (excludes halogenated alkanes) is 26. The Bertz CT molecular complexity index is 711. The van der Waals surface area contributed by atoms with Gasteiger partial charge >= 0.3 is 8.17 Å². The lowest BCUT2D eigenvalue weighted by Gasteiger charge is -2.37. The monoisotopic (exact) mass is 749 g/mol. The molecule has 9 heteroatoms. The van der Waals surface area contributed by atoms with Crippen LogP contribution in [0.1, 0.15) is 194 Å². The van der Waals surface area contributed by atoms with E-state index in [1.54, 1.807) is 0 Å². The molecule has 1 fully saturated rings. The van der Waals surface area contributed by atoms with Gasteiger partial charge in [-0.05, 0) is 12.8 Å². The number of hydrogen-bond donors (Lipinski definition) is 1. The van der Waals surface area contributed by atoms with Crippen LogP contribution in [0.25, 0.3) is 0 Å². The quantitative estimate of drug-likeness (QED) is 0.0379. The smallest absolute Gasteiger partial charge is 0.377 e. The maximum absolute atomic E-state index is 12.7. The Kier molecular flexibility index (Phi) is 34.5. The zero-order valence-corrected chi connectivity index (χ0v) is 35.1. The molecule has 1 heterocycles. The average Bonchev–Trinajstić information content (AvgIpc) is 3.11. The maximum Gasteiger partial charge on any atom is 0.377 e. The van der Waals surface area contributed by atoms with Gasteiger partial charge in [-0.15, -0.1) is 0 Å². The summed E-state index contributed by atoms with van der Waals surface area (Å²) in [5, 5.41) is 0. The molecule has 0 radical (unpaired) electrons. The first-order valence-corrected chi connectivity index (χ1v) is 23.6. The van der Waals surface area contributed by atoms with Crippen LogP contribution in [-0.2, 0) is 23.3 Å². The zero-order valence-electron chi connectivity index (χ0n) is 34.2. The molecule has 1 N–H and O–H groups in total. The van der Waals surface area contributed by atoms with Gasteiger partial charge < -0.3 is 23.6 Å². The Morgan fingerprint density at radius 1 is 0.549 bits per heavy atom. The van der Waals surface area contributed by atoms with Crippen molar-refractivity contribution in [1.82, 2.24) is 0 Å². The van der Waals surface area contributed by atoms with E-state index in [2.05, 4.69) is 20.9 Å². The highest BCUT2D eigenvalue weighted by molar-refractivity contribution is 7.52. The summed E-state index contributed by atoms with van der Waals surface area (Å²) in [6, 6.07) is 0. The van der Waals surface area contributed by atoms with Crippen molar-refractivity contribution in [3.8, 4) is 0 Å². The SMILES string of the molecule is CCCCCCCCCCCCCCCCOC[C@H](CO[P+]([O-])(O)OCC[N+]1(C)CCOCC1)OCCCCCCCCCCCCCCCC. The Morgan fingerprint density at radius 3 is 1.37 bits per heavy atom. The molecular formula is C42H87NO7P+. The van der Waals surface area contributed by atoms with Crippen LogP contribution in [0.15, 0.2) is 0 Å². The second-order valence-corrected chi connectivity index (χ2v) is 17.2. The number of quaternary nitrogens is 1. The molecular weight excluding hydrogens is 661 g/mol. The van der Waals surface area contributed by atoms with Crippen molar-refractivity contribution >= 4 is 8.17 Å². The number of likely N-dealkylation sites (N-methyl/N-ethyl adjacent to an activating group) is 1. The van der Waals surface area contributed by atoms with Gasteiger partial charge in [0.15, 0.2) is 0 Å². The third-order valence-corrected chi connectivity index (χ3v) is 11.6. The number of ether oxygens (including phenoxy) is 3. The fraction of sp³-hybridized carbons (Fsp3) is 1.00. The lowest BCUT2D eigenvalue weighted by Crippen LogP contribution is -2.53. The normalized spacial score (nSPS) is 16.4. The molecule has 1 aliphatic heterocycles. The molecule has 1 saturated heterocycles. The first-order valence-electron chi connectivity index (χ1n) is 22.1. The molecule has 1 unspecified atom stereocenters. The standard InChI is InChI=1S/C42H86NO7P/c1-4-6-8-10-12-14-16-18-20-22-24-26-28-30-35-47-40-42(41-50-51(44,45)49-39-34-43(3)32-37-46-38-33-43)48-36-31-29-27-25-23-21-19-17-15-13-11-9-7-5-2/h42H,4-41H2,1-3H3/p+1/t42-/m1/s1. The summed E-state index contributed by atoms with van der Waals surface area (Å²) < 4.78 is 29.1. The number of phosphoric acid groups is 1. The predicted molar refractivity (Wildman–Crippen MR) is 214 cm³/mol. The largest absolute Gasteiger partial charge is 0.606 e. The first-order chi connectivity index (χ1) is 24.9. The van der Waals surface area contributed by atoms with E-state index in [0.717, 1.165) is 36.8 Å². The van der Waals surface area contributed by atoms with Crippen LogP contribution in [0.4, 0.5) is 0 Å². The minimum absolute atomic E-state index is 0.00884. The molecule has 0 aromatic rings. The Balaban J connectivity index is 2.20. The van der Waals surface area contributed by atoms with E-state index >= 15 is 0 Å². The van der Waals surface area contributed by atoms with Crippen molar-refractivity contribution < 1.29 is 37.5 Å². The molecule has 1 aliphatic rings. The Morgan fingerprint density at radius 2 is 0.941 bits per heavy atom. The van der Waals surface area contributed by atoms with Gasteiger partial charge in [-0.2, -0.15) is 13.9 Å². The van der Waals surface area contributed by atoms with E-state index in [-0.39, 0.29) is 19.3 Å². The molecule has 306 valence electrons. The molecule has 0 bridgehead atoms. The summed E-state index contributed by atoms with van der Waals surface area (Å²) >= 11 is 0. The van der Waals surface area contributed by atoms with Crippen molar-refractivity contribution in [2.45, 2.75) is 200 Å². The van der Waals surface area contributed by atoms with Crippen molar-refractivity contribution in [2.75, 3.05) is 72.9 Å². The molecule has 0 spiro atoms. The highest BCUT2D eigenvalue weighted by Gasteiger charge is 2.32. The highest BCUT2D eigenvalue weighted by atomic mass is 31.2. The molecule has 2 atom stereocenters. The zero-order chi connectivity index (χ0) is 37.0. The van der Waals surface area contributed by atoms with Crippen molar-refractivity contribution in [3.63, 3.8) is 0 Å². The third-order valence-electron chi connectivity index (χ3n) is 10.7. The number of morpholine rings is 1. The van der Waals surface area contributed by atoms with Crippen molar-refractivity contribution in [1.29, 1.82) is 0 Å². The fourth-order valence-corrected chi connectivity index (χ4v) is 7.64. The summed E-state index contributed by atoms with van der Waals surface area (Å²) in [5.41, 5.74) is 0. The van der Waals surface area contributed by atoms with Crippen LogP contribution < -0.4 is 4.89 Å². The first kappa shape index (κ1) is 49.1. The minimum Gasteiger partial charge on any atom is -0.606 e. The summed E-state index contributed by atoms with van der Waals surface area (Å²) in [7, 11) is -2.04. The van der Waals surface area contributed by atoms with Gasteiger partial charge in [0, 0.05) is 13.2 Å². The lowest BCUT2D eigenvalue weighted by atomic mass is 10.0. The summed E-state index contributed by atoms with van der Waals surface area (Å²) in [6.07, 6.45) is 36.8.